The highest BCUT2D eigenvalue weighted by atomic mass is 16.3. The molecular weight excluding hydrogens is 202 g/mol. The molecule has 0 fully saturated rings. The number of rotatable bonds is 6. The lowest BCUT2D eigenvalue weighted by molar-refractivity contribution is 0.105. The van der Waals surface area contributed by atoms with E-state index in [9.17, 15) is 5.11 Å². The molecule has 0 bridgehead atoms. The van der Waals surface area contributed by atoms with Gasteiger partial charge in [0.15, 0.2) is 0 Å². The van der Waals surface area contributed by atoms with Gasteiger partial charge in [-0.1, -0.05) is 32.0 Å². The van der Waals surface area contributed by atoms with Gasteiger partial charge in [0.1, 0.15) is 0 Å². The highest BCUT2D eigenvalue weighted by Gasteiger charge is 2.06. The molecule has 1 aromatic rings. The normalized spacial score (nSPS) is 12.8. The third-order valence-electron chi connectivity index (χ3n) is 2.38. The molecule has 0 aliphatic heterocycles. The van der Waals surface area contributed by atoms with Crippen molar-refractivity contribution in [1.29, 1.82) is 0 Å². The molecule has 0 amide bonds. The molecule has 3 heteroatoms. The largest absolute Gasteiger partial charge is 0.394 e. The van der Waals surface area contributed by atoms with E-state index < -0.39 is 6.10 Å². The van der Waals surface area contributed by atoms with Gasteiger partial charge in [-0.2, -0.15) is 0 Å². The molecule has 0 saturated heterocycles. The molecule has 0 saturated carbocycles. The van der Waals surface area contributed by atoms with E-state index in [1.165, 1.54) is 5.56 Å². The van der Waals surface area contributed by atoms with E-state index in [0.717, 1.165) is 12.1 Å². The Bertz CT molecular complexity index is 313. The zero-order valence-corrected chi connectivity index (χ0v) is 9.98. The smallest absolute Gasteiger partial charge is 0.0942 e. The molecule has 16 heavy (non-hydrogen) atoms. The molecule has 0 spiro atoms. The van der Waals surface area contributed by atoms with Gasteiger partial charge >= 0.3 is 0 Å². The summed E-state index contributed by atoms with van der Waals surface area (Å²) >= 11 is 0. The molecule has 90 valence electrons. The van der Waals surface area contributed by atoms with Gasteiger partial charge in [0.05, 0.1) is 12.7 Å². The maximum atomic E-state index is 9.28. The number of nitrogens with one attached hydrogen (secondary N) is 1. The van der Waals surface area contributed by atoms with Gasteiger partial charge in [-0.3, -0.25) is 0 Å². The molecule has 1 aromatic carbocycles. The minimum Gasteiger partial charge on any atom is -0.394 e. The Kier molecular flexibility index (Phi) is 5.29. The van der Waals surface area contributed by atoms with Crippen molar-refractivity contribution in [1.82, 2.24) is 0 Å². The minimum absolute atomic E-state index is 0.209. The number of anilines is 1. The average molecular weight is 223 g/mol. The molecular formula is C13H21NO2. The van der Waals surface area contributed by atoms with Crippen molar-refractivity contribution in [3.05, 3.63) is 29.8 Å². The summed E-state index contributed by atoms with van der Waals surface area (Å²) in [6, 6.07) is 8.08. The zero-order chi connectivity index (χ0) is 12.0. The van der Waals surface area contributed by atoms with Crippen LogP contribution in [0.15, 0.2) is 24.3 Å². The Morgan fingerprint density at radius 1 is 1.25 bits per heavy atom. The van der Waals surface area contributed by atoms with Crippen molar-refractivity contribution in [2.24, 2.45) is 5.92 Å². The van der Waals surface area contributed by atoms with E-state index in [1.54, 1.807) is 0 Å². The summed E-state index contributed by atoms with van der Waals surface area (Å²) in [7, 11) is 0. The molecule has 1 rings (SSSR count). The second kappa shape index (κ2) is 6.51. The number of aliphatic hydroxyl groups excluding tert-OH is 2. The van der Waals surface area contributed by atoms with Crippen LogP contribution in [0.1, 0.15) is 19.4 Å². The number of aliphatic hydroxyl groups is 2. The van der Waals surface area contributed by atoms with Crippen LogP contribution in [0.5, 0.6) is 0 Å². The Balaban J connectivity index is 2.63. The lowest BCUT2D eigenvalue weighted by Crippen LogP contribution is -2.23. The molecule has 0 radical (unpaired) electrons. The van der Waals surface area contributed by atoms with E-state index in [4.69, 9.17) is 5.11 Å². The maximum Gasteiger partial charge on any atom is 0.0942 e. The fraction of sp³-hybridized carbons (Fsp3) is 0.538. The quantitative estimate of drug-likeness (QED) is 0.687. The van der Waals surface area contributed by atoms with Crippen molar-refractivity contribution >= 4 is 5.69 Å². The van der Waals surface area contributed by atoms with Gasteiger partial charge in [0.2, 0.25) is 0 Å². The molecule has 1 atom stereocenters. The van der Waals surface area contributed by atoms with E-state index >= 15 is 0 Å². The third-order valence-corrected chi connectivity index (χ3v) is 2.38. The van der Waals surface area contributed by atoms with Crippen LogP contribution in [0.3, 0.4) is 0 Å². The zero-order valence-electron chi connectivity index (χ0n) is 9.98. The number of hydrogen-bond acceptors (Lipinski definition) is 3. The van der Waals surface area contributed by atoms with Crippen LogP contribution in [0.2, 0.25) is 0 Å². The van der Waals surface area contributed by atoms with Crippen LogP contribution < -0.4 is 5.32 Å². The lowest BCUT2D eigenvalue weighted by Gasteiger charge is -2.15. The van der Waals surface area contributed by atoms with Gasteiger partial charge in [-0.15, -0.1) is 0 Å². The molecule has 0 aliphatic carbocycles. The first-order chi connectivity index (χ1) is 7.63. The molecule has 0 aromatic heterocycles. The lowest BCUT2D eigenvalue weighted by atomic mass is 10.0. The van der Waals surface area contributed by atoms with Crippen molar-refractivity contribution in [2.75, 3.05) is 18.5 Å². The summed E-state index contributed by atoms with van der Waals surface area (Å²) in [5.74, 6) is 0.603. The van der Waals surface area contributed by atoms with Crippen molar-refractivity contribution in [3.8, 4) is 0 Å². The van der Waals surface area contributed by atoms with Gasteiger partial charge in [0.25, 0.3) is 0 Å². The fourth-order valence-corrected chi connectivity index (χ4v) is 1.60. The van der Waals surface area contributed by atoms with Crippen LogP contribution in [-0.2, 0) is 6.42 Å². The molecule has 3 nitrogen and oxygen atoms in total. The second-order valence-electron chi connectivity index (χ2n) is 4.47. The van der Waals surface area contributed by atoms with E-state index in [-0.39, 0.29) is 6.61 Å². The molecule has 0 aliphatic rings. The fourth-order valence-electron chi connectivity index (χ4n) is 1.60. The summed E-state index contributed by atoms with van der Waals surface area (Å²) in [5.41, 5.74) is 2.30. The standard InChI is InChI=1S/C13H21NO2/c1-10(2)7-11-5-3-4-6-13(11)14-8-12(16)9-15/h3-6,10,12,14-16H,7-9H2,1-2H3. The summed E-state index contributed by atoms with van der Waals surface area (Å²) in [5, 5.41) is 21.2. The number of hydrogen-bond donors (Lipinski definition) is 3. The predicted molar refractivity (Wildman–Crippen MR) is 66.6 cm³/mol. The average Bonchev–Trinajstić information content (AvgIpc) is 2.26. The summed E-state index contributed by atoms with van der Waals surface area (Å²) < 4.78 is 0. The summed E-state index contributed by atoms with van der Waals surface area (Å²) in [4.78, 5) is 0. The van der Waals surface area contributed by atoms with Crippen LogP contribution in [-0.4, -0.2) is 29.5 Å². The first-order valence-electron chi connectivity index (χ1n) is 5.74. The summed E-state index contributed by atoms with van der Waals surface area (Å²) in [6.45, 7) is 4.53. The topological polar surface area (TPSA) is 52.5 Å². The first kappa shape index (κ1) is 13.0. The van der Waals surface area contributed by atoms with Gasteiger partial charge in [-0.25, -0.2) is 0 Å². The van der Waals surface area contributed by atoms with Gasteiger partial charge in [-0.05, 0) is 24.0 Å². The molecule has 0 heterocycles. The number of benzene rings is 1. The van der Waals surface area contributed by atoms with Crippen LogP contribution in [0, 0.1) is 5.92 Å². The van der Waals surface area contributed by atoms with Crippen molar-refractivity contribution in [2.45, 2.75) is 26.4 Å². The third kappa shape index (κ3) is 4.21. The summed E-state index contributed by atoms with van der Waals surface area (Å²) in [6.07, 6.45) is 0.311. The molecule has 3 N–H and O–H groups in total. The Morgan fingerprint density at radius 3 is 2.56 bits per heavy atom. The van der Waals surface area contributed by atoms with Crippen molar-refractivity contribution in [3.63, 3.8) is 0 Å². The van der Waals surface area contributed by atoms with Crippen LogP contribution in [0.25, 0.3) is 0 Å². The number of para-hydroxylation sites is 1. The van der Waals surface area contributed by atoms with E-state index in [2.05, 4.69) is 25.2 Å². The van der Waals surface area contributed by atoms with Gasteiger partial charge < -0.3 is 15.5 Å². The Labute approximate surface area is 97.1 Å². The highest BCUT2D eigenvalue weighted by Crippen LogP contribution is 2.18. The molecule has 1 unspecified atom stereocenters. The Morgan fingerprint density at radius 2 is 1.94 bits per heavy atom. The second-order valence-corrected chi connectivity index (χ2v) is 4.47. The Hall–Kier alpha value is -1.06. The highest BCUT2D eigenvalue weighted by molar-refractivity contribution is 5.51. The van der Waals surface area contributed by atoms with E-state index in [0.29, 0.717) is 12.5 Å². The monoisotopic (exact) mass is 223 g/mol. The predicted octanol–water partition coefficient (Wildman–Crippen LogP) is 1.65. The van der Waals surface area contributed by atoms with Gasteiger partial charge in [0, 0.05) is 12.2 Å². The SMILES string of the molecule is CC(C)Cc1ccccc1NCC(O)CO. The maximum absolute atomic E-state index is 9.28. The van der Waals surface area contributed by atoms with Crippen LogP contribution in [0.4, 0.5) is 5.69 Å². The first-order valence-corrected chi connectivity index (χ1v) is 5.74. The van der Waals surface area contributed by atoms with Crippen LogP contribution >= 0.6 is 0 Å². The minimum atomic E-state index is -0.702. The van der Waals surface area contributed by atoms with Crippen molar-refractivity contribution < 1.29 is 10.2 Å². The van der Waals surface area contributed by atoms with E-state index in [1.807, 2.05) is 18.2 Å².